The largest absolute Gasteiger partial charge is 0.488 e. The fourth-order valence-electron chi connectivity index (χ4n) is 2.67. The number of amides is 2. The van der Waals surface area contributed by atoms with Crippen molar-refractivity contribution in [3.63, 3.8) is 0 Å². The lowest BCUT2D eigenvalue weighted by Crippen LogP contribution is -2.20. The maximum absolute atomic E-state index is 12.9. The van der Waals surface area contributed by atoms with Gasteiger partial charge in [-0.1, -0.05) is 28.1 Å². The lowest BCUT2D eigenvalue weighted by atomic mass is 10.2. The lowest BCUT2D eigenvalue weighted by molar-refractivity contribution is -0.124. The number of nitrogens with one attached hydrogen (secondary N) is 2. The normalized spacial score (nSPS) is 10.8. The Kier molecular flexibility index (Phi) is 9.14. The number of halogens is 3. The van der Waals surface area contributed by atoms with E-state index >= 15 is 0 Å². The Morgan fingerprint density at radius 1 is 0.939 bits per heavy atom. The highest BCUT2D eigenvalue weighted by Gasteiger charge is 2.07. The zero-order chi connectivity index (χ0) is 23.6. The molecule has 0 bridgehead atoms. The molecule has 3 aromatic carbocycles. The topological polar surface area (TPSA) is 79.8 Å². The molecule has 2 N–H and O–H groups in total. The monoisotopic (exact) mass is 575 g/mol. The number of hydrogen-bond acceptors (Lipinski definition) is 4. The Morgan fingerprint density at radius 3 is 2.33 bits per heavy atom. The molecule has 0 fully saturated rings. The van der Waals surface area contributed by atoms with E-state index in [-0.39, 0.29) is 24.6 Å². The van der Waals surface area contributed by atoms with Crippen LogP contribution < -0.4 is 15.5 Å². The predicted octanol–water partition coefficient (Wildman–Crippen LogP) is 5.80. The summed E-state index contributed by atoms with van der Waals surface area (Å²) in [6, 6.07) is 18.7. The van der Waals surface area contributed by atoms with E-state index in [2.05, 4.69) is 47.7 Å². The van der Waals surface area contributed by atoms with Crippen molar-refractivity contribution >= 4 is 55.6 Å². The first kappa shape index (κ1) is 24.6. The minimum absolute atomic E-state index is 0.0192. The number of hydrogen-bond donors (Lipinski definition) is 2. The molecule has 2 amide bonds. The van der Waals surface area contributed by atoms with E-state index in [0.717, 1.165) is 20.1 Å². The van der Waals surface area contributed by atoms with Crippen LogP contribution in [0.25, 0.3) is 0 Å². The van der Waals surface area contributed by atoms with E-state index in [1.165, 1.54) is 30.5 Å². The Bertz CT molecular complexity index is 1140. The van der Waals surface area contributed by atoms with Crippen LogP contribution in [0.4, 0.5) is 10.1 Å². The van der Waals surface area contributed by atoms with Crippen molar-refractivity contribution < 1.29 is 18.7 Å². The third kappa shape index (κ3) is 8.43. The summed E-state index contributed by atoms with van der Waals surface area (Å²) in [7, 11) is 0. The Balaban J connectivity index is 1.42. The van der Waals surface area contributed by atoms with Gasteiger partial charge in [0.15, 0.2) is 0 Å². The van der Waals surface area contributed by atoms with Crippen LogP contribution in [0, 0.1) is 5.82 Å². The third-order valence-corrected chi connectivity index (χ3v) is 5.52. The van der Waals surface area contributed by atoms with E-state index in [0.29, 0.717) is 18.0 Å². The first-order valence-corrected chi connectivity index (χ1v) is 11.5. The van der Waals surface area contributed by atoms with Crippen LogP contribution in [0.3, 0.4) is 0 Å². The number of nitrogens with zero attached hydrogens (tertiary/aromatic N) is 1. The highest BCUT2D eigenvalue weighted by atomic mass is 79.9. The van der Waals surface area contributed by atoms with E-state index in [9.17, 15) is 14.0 Å². The molecule has 3 aromatic rings. The minimum atomic E-state index is -0.394. The quantitative estimate of drug-likeness (QED) is 0.250. The van der Waals surface area contributed by atoms with Gasteiger partial charge in [0.1, 0.15) is 18.2 Å². The number of carbonyl (C=O) groups is 2. The molecular weight excluding hydrogens is 557 g/mol. The zero-order valence-corrected chi connectivity index (χ0v) is 20.5. The second-order valence-electron chi connectivity index (χ2n) is 6.95. The summed E-state index contributed by atoms with van der Waals surface area (Å²) in [5, 5.41) is 6.52. The smallest absolute Gasteiger partial charge is 0.240 e. The van der Waals surface area contributed by atoms with Crippen LogP contribution in [-0.4, -0.2) is 18.0 Å². The van der Waals surface area contributed by atoms with Crippen molar-refractivity contribution in [3.8, 4) is 5.75 Å². The minimum Gasteiger partial charge on any atom is -0.488 e. The average Bonchev–Trinajstić information content (AvgIpc) is 2.80. The van der Waals surface area contributed by atoms with Crippen LogP contribution in [0.2, 0.25) is 0 Å². The van der Waals surface area contributed by atoms with Gasteiger partial charge < -0.3 is 10.1 Å². The molecule has 0 atom stereocenters. The molecule has 0 heterocycles. The van der Waals surface area contributed by atoms with Crippen LogP contribution in [-0.2, 0) is 16.2 Å². The van der Waals surface area contributed by atoms with Gasteiger partial charge in [0.25, 0.3) is 0 Å². The second kappa shape index (κ2) is 12.3. The predicted molar refractivity (Wildman–Crippen MR) is 133 cm³/mol. The third-order valence-electron chi connectivity index (χ3n) is 4.37. The molecule has 6 nitrogen and oxygen atoms in total. The van der Waals surface area contributed by atoms with Crippen molar-refractivity contribution in [2.75, 3.05) is 5.32 Å². The van der Waals surface area contributed by atoms with Gasteiger partial charge in [0.2, 0.25) is 11.8 Å². The molecule has 0 aromatic heterocycles. The lowest BCUT2D eigenvalue weighted by Gasteiger charge is -2.09. The average molecular weight is 577 g/mol. The number of carbonyl (C=O) groups excluding carboxylic acids is 2. The highest BCUT2D eigenvalue weighted by molar-refractivity contribution is 9.10. The van der Waals surface area contributed by atoms with Gasteiger partial charge in [-0.2, -0.15) is 5.10 Å². The molecule has 0 aliphatic carbocycles. The number of ether oxygens (including phenoxy) is 1. The van der Waals surface area contributed by atoms with Gasteiger partial charge >= 0.3 is 0 Å². The van der Waals surface area contributed by atoms with Gasteiger partial charge in [-0.05, 0) is 81.7 Å². The molecule has 0 saturated carbocycles. The van der Waals surface area contributed by atoms with Crippen molar-refractivity contribution in [2.24, 2.45) is 5.10 Å². The van der Waals surface area contributed by atoms with Crippen molar-refractivity contribution in [1.29, 1.82) is 0 Å². The molecule has 0 spiro atoms. The number of rotatable bonds is 9. The first-order valence-electron chi connectivity index (χ1n) is 9.93. The molecule has 0 aliphatic heterocycles. The van der Waals surface area contributed by atoms with Gasteiger partial charge in [0.05, 0.1) is 10.7 Å². The van der Waals surface area contributed by atoms with E-state index in [1.807, 2.05) is 42.5 Å². The maximum atomic E-state index is 12.9. The summed E-state index contributed by atoms with van der Waals surface area (Å²) < 4.78 is 20.5. The summed E-state index contributed by atoms with van der Waals surface area (Å²) in [5.74, 6) is -0.441. The molecule has 0 saturated heterocycles. The fraction of sp³-hybridized carbons (Fsp3) is 0.125. The van der Waals surface area contributed by atoms with Gasteiger partial charge in [-0.15, -0.1) is 0 Å². The number of hydrazone groups is 1. The van der Waals surface area contributed by atoms with Gasteiger partial charge in [-0.25, -0.2) is 9.82 Å². The number of anilines is 1. The molecule has 3 rings (SSSR count). The number of benzene rings is 3. The Hall–Kier alpha value is -3.04. The molecule has 33 heavy (non-hydrogen) atoms. The highest BCUT2D eigenvalue weighted by Crippen LogP contribution is 2.26. The van der Waals surface area contributed by atoms with Gasteiger partial charge in [-0.3, -0.25) is 9.59 Å². The Labute approximate surface area is 207 Å². The standard InChI is InChI=1S/C24H20Br2FN3O3/c25-18-4-1-16(2-5-18)15-33-22-10-3-17(13-21(22)26)14-28-30-24(32)12-11-23(31)29-20-8-6-19(27)7-9-20/h1-10,13-14H,11-12,15H2,(H,29,31)(H,30,32). The van der Waals surface area contributed by atoms with E-state index < -0.39 is 5.91 Å². The zero-order valence-electron chi connectivity index (χ0n) is 17.4. The van der Waals surface area contributed by atoms with E-state index in [4.69, 9.17) is 4.74 Å². The molecular formula is C24H20Br2FN3O3. The molecule has 170 valence electrons. The maximum Gasteiger partial charge on any atom is 0.240 e. The van der Waals surface area contributed by atoms with Crippen molar-refractivity contribution in [2.45, 2.75) is 19.4 Å². The molecule has 0 unspecified atom stereocenters. The summed E-state index contributed by atoms with van der Waals surface area (Å²) in [4.78, 5) is 23.8. The molecule has 0 radical (unpaired) electrons. The first-order chi connectivity index (χ1) is 15.9. The van der Waals surface area contributed by atoms with Gasteiger partial charge in [0, 0.05) is 23.0 Å². The summed E-state index contributed by atoms with van der Waals surface area (Å²) in [6.07, 6.45) is 1.45. The Morgan fingerprint density at radius 2 is 1.64 bits per heavy atom. The van der Waals surface area contributed by atoms with Crippen LogP contribution >= 0.6 is 31.9 Å². The van der Waals surface area contributed by atoms with Crippen molar-refractivity contribution in [1.82, 2.24) is 5.43 Å². The SMILES string of the molecule is O=C(CCC(=O)Nc1ccc(F)cc1)NN=Cc1ccc(OCc2ccc(Br)cc2)c(Br)c1. The van der Waals surface area contributed by atoms with Crippen molar-refractivity contribution in [3.05, 3.63) is 92.6 Å². The summed E-state index contributed by atoms with van der Waals surface area (Å²) >= 11 is 6.88. The van der Waals surface area contributed by atoms with Crippen LogP contribution in [0.1, 0.15) is 24.0 Å². The molecule has 9 heteroatoms. The summed E-state index contributed by atoms with van der Waals surface area (Å²) in [5.41, 5.74) is 4.66. The fourth-order valence-corrected chi connectivity index (χ4v) is 3.45. The summed E-state index contributed by atoms with van der Waals surface area (Å²) in [6.45, 7) is 0.435. The van der Waals surface area contributed by atoms with E-state index in [1.54, 1.807) is 0 Å². The van der Waals surface area contributed by atoms with Crippen LogP contribution in [0.15, 0.2) is 80.8 Å². The molecule has 0 aliphatic rings. The second-order valence-corrected chi connectivity index (χ2v) is 8.72. The van der Waals surface area contributed by atoms with Crippen LogP contribution in [0.5, 0.6) is 5.75 Å².